The van der Waals surface area contributed by atoms with Crippen molar-refractivity contribution >= 4 is 27.6 Å². The number of rotatable bonds is 6. The molecule has 3 N–H and O–H groups in total. The Bertz CT molecular complexity index is 1260. The van der Waals surface area contributed by atoms with Crippen molar-refractivity contribution in [3.05, 3.63) is 77.1 Å². The number of hydrogen-bond donors (Lipinski definition) is 2. The summed E-state index contributed by atoms with van der Waals surface area (Å²) in [5.74, 6) is -1.23. The van der Waals surface area contributed by atoms with E-state index in [1.54, 1.807) is 6.07 Å². The third-order valence-corrected chi connectivity index (χ3v) is 5.60. The Morgan fingerprint density at radius 3 is 2.42 bits per heavy atom. The number of benzene rings is 2. The number of amides is 1. The summed E-state index contributed by atoms with van der Waals surface area (Å²) in [7, 11) is -3.89. The van der Waals surface area contributed by atoms with Crippen LogP contribution in [0.4, 0.5) is 5.69 Å². The molecule has 0 saturated heterocycles. The molecule has 0 aliphatic carbocycles. The van der Waals surface area contributed by atoms with E-state index in [0.717, 1.165) is 16.9 Å². The number of nitrogens with zero attached hydrogens (tertiary/aromatic N) is 1. The first-order chi connectivity index (χ1) is 14.6. The summed E-state index contributed by atoms with van der Waals surface area (Å²) < 4.78 is 29.9. The van der Waals surface area contributed by atoms with E-state index >= 15 is 0 Å². The van der Waals surface area contributed by atoms with Crippen molar-refractivity contribution in [3.63, 3.8) is 0 Å². The third kappa shape index (κ3) is 5.19. The molecule has 8 nitrogen and oxygen atoms in total. The number of anilines is 1. The zero-order valence-corrected chi connectivity index (χ0v) is 18.2. The number of carbonyl (C=O) groups is 2. The van der Waals surface area contributed by atoms with E-state index in [0.29, 0.717) is 11.3 Å². The van der Waals surface area contributed by atoms with E-state index < -0.39 is 28.5 Å². The van der Waals surface area contributed by atoms with Crippen molar-refractivity contribution in [1.29, 1.82) is 0 Å². The van der Waals surface area contributed by atoms with Gasteiger partial charge in [0.25, 0.3) is 5.91 Å². The smallest absolute Gasteiger partial charge is 0.340 e. The fraction of sp³-hybridized carbons (Fsp3) is 0.182. The zero-order valence-electron chi connectivity index (χ0n) is 17.4. The molecule has 1 aromatic heterocycles. The monoisotopic (exact) mass is 441 g/mol. The topological polar surface area (TPSA) is 120 Å². The maximum absolute atomic E-state index is 12.6. The number of esters is 1. The van der Waals surface area contributed by atoms with E-state index in [4.69, 9.17) is 9.88 Å². The largest absolute Gasteiger partial charge is 0.452 e. The van der Waals surface area contributed by atoms with Gasteiger partial charge in [0, 0.05) is 22.8 Å². The average molecular weight is 442 g/mol. The van der Waals surface area contributed by atoms with Crippen molar-refractivity contribution in [1.82, 2.24) is 4.57 Å². The predicted octanol–water partition coefficient (Wildman–Crippen LogP) is 2.85. The first-order valence-electron chi connectivity index (χ1n) is 9.42. The van der Waals surface area contributed by atoms with Gasteiger partial charge in [-0.1, -0.05) is 18.2 Å². The highest BCUT2D eigenvalue weighted by Crippen LogP contribution is 2.22. The number of nitrogens with one attached hydrogen (secondary N) is 1. The lowest BCUT2D eigenvalue weighted by molar-refractivity contribution is -0.119. The van der Waals surface area contributed by atoms with Crippen LogP contribution in [-0.2, 0) is 19.6 Å². The van der Waals surface area contributed by atoms with E-state index in [1.165, 1.54) is 24.3 Å². The van der Waals surface area contributed by atoms with E-state index in [9.17, 15) is 18.0 Å². The van der Waals surface area contributed by atoms with Crippen molar-refractivity contribution < 1.29 is 22.7 Å². The van der Waals surface area contributed by atoms with Gasteiger partial charge < -0.3 is 14.6 Å². The second kappa shape index (κ2) is 8.75. The van der Waals surface area contributed by atoms with Gasteiger partial charge in [0.1, 0.15) is 0 Å². The van der Waals surface area contributed by atoms with Gasteiger partial charge in [0.15, 0.2) is 6.61 Å². The molecule has 162 valence electrons. The summed E-state index contributed by atoms with van der Waals surface area (Å²) in [5.41, 5.74) is 4.18. The summed E-state index contributed by atoms with van der Waals surface area (Å²) in [6.45, 7) is 5.17. The molecule has 0 bridgehead atoms. The molecule has 3 aromatic rings. The van der Waals surface area contributed by atoms with Crippen LogP contribution in [0.1, 0.15) is 27.3 Å². The Morgan fingerprint density at radius 2 is 1.74 bits per heavy atom. The normalized spacial score (nSPS) is 11.2. The molecule has 0 saturated carbocycles. The molecule has 9 heteroatoms. The van der Waals surface area contributed by atoms with E-state index in [1.807, 2.05) is 49.6 Å². The molecule has 0 unspecified atom stereocenters. The van der Waals surface area contributed by atoms with Crippen molar-refractivity contribution in [3.8, 4) is 5.69 Å². The summed E-state index contributed by atoms with van der Waals surface area (Å²) >= 11 is 0. The van der Waals surface area contributed by atoms with Gasteiger partial charge in [-0.15, -0.1) is 0 Å². The summed E-state index contributed by atoms with van der Waals surface area (Å²) in [4.78, 5) is 24.6. The quantitative estimate of drug-likeness (QED) is 0.570. The van der Waals surface area contributed by atoms with Crippen LogP contribution in [0.3, 0.4) is 0 Å². The highest BCUT2D eigenvalue weighted by molar-refractivity contribution is 7.89. The number of ether oxygens (including phenoxy) is 1. The molecule has 1 amide bonds. The van der Waals surface area contributed by atoms with Crippen molar-refractivity contribution in [2.24, 2.45) is 5.14 Å². The second-order valence-electron chi connectivity index (χ2n) is 7.16. The molecular formula is C22H23N3O5S. The highest BCUT2D eigenvalue weighted by Gasteiger charge is 2.19. The Hall–Kier alpha value is -3.43. The summed E-state index contributed by atoms with van der Waals surface area (Å²) in [5, 5.41) is 7.57. The molecule has 0 radical (unpaired) electrons. The zero-order chi connectivity index (χ0) is 22.8. The highest BCUT2D eigenvalue weighted by atomic mass is 32.2. The van der Waals surface area contributed by atoms with Crippen LogP contribution in [0.25, 0.3) is 5.69 Å². The fourth-order valence-corrected chi connectivity index (χ4v) is 3.85. The van der Waals surface area contributed by atoms with Gasteiger partial charge >= 0.3 is 5.97 Å². The van der Waals surface area contributed by atoms with E-state index in [-0.39, 0.29) is 10.6 Å². The molecule has 0 fully saturated rings. The molecule has 0 atom stereocenters. The summed E-state index contributed by atoms with van der Waals surface area (Å²) in [6, 6.07) is 15.1. The minimum Gasteiger partial charge on any atom is -0.452 e. The number of aromatic nitrogens is 1. The van der Waals surface area contributed by atoms with Crippen LogP contribution in [0, 0.1) is 20.8 Å². The number of sulfonamides is 1. The van der Waals surface area contributed by atoms with E-state index in [2.05, 4.69) is 5.32 Å². The van der Waals surface area contributed by atoms with Crippen molar-refractivity contribution in [2.75, 3.05) is 11.9 Å². The molecule has 0 aliphatic rings. The van der Waals surface area contributed by atoms with Crippen LogP contribution >= 0.6 is 0 Å². The standard InChI is InChI=1S/C22H23N3O5S/c1-14-6-4-8-18(10-14)25-15(2)11-20(16(25)3)22(27)30-13-21(26)24-17-7-5-9-19(12-17)31(23,28)29/h4-12H,13H2,1-3H3,(H,24,26)(H2,23,28,29). The van der Waals surface area contributed by atoms with Gasteiger partial charge in [0.2, 0.25) is 10.0 Å². The maximum Gasteiger partial charge on any atom is 0.340 e. The van der Waals surface area contributed by atoms with Gasteiger partial charge in [-0.05, 0) is 62.7 Å². The molecular weight excluding hydrogens is 418 g/mol. The lowest BCUT2D eigenvalue weighted by Gasteiger charge is -2.11. The average Bonchev–Trinajstić information content (AvgIpc) is 3.00. The Balaban J connectivity index is 1.69. The Labute approximate surface area is 180 Å². The number of hydrogen-bond acceptors (Lipinski definition) is 5. The van der Waals surface area contributed by atoms with Gasteiger partial charge in [-0.3, -0.25) is 4.79 Å². The van der Waals surface area contributed by atoms with Crippen LogP contribution in [0.5, 0.6) is 0 Å². The molecule has 3 rings (SSSR count). The lowest BCUT2D eigenvalue weighted by atomic mass is 10.2. The number of nitrogens with two attached hydrogens (primary N) is 1. The lowest BCUT2D eigenvalue weighted by Crippen LogP contribution is -2.21. The third-order valence-electron chi connectivity index (χ3n) is 4.69. The Morgan fingerprint density at radius 1 is 1.03 bits per heavy atom. The molecule has 2 aromatic carbocycles. The number of carbonyl (C=O) groups excluding carboxylic acids is 2. The minimum atomic E-state index is -3.89. The first-order valence-corrected chi connectivity index (χ1v) is 11.0. The van der Waals surface area contributed by atoms with Gasteiger partial charge in [-0.25, -0.2) is 18.4 Å². The van der Waals surface area contributed by atoms with Crippen LogP contribution in [0.2, 0.25) is 0 Å². The molecule has 31 heavy (non-hydrogen) atoms. The molecule has 1 heterocycles. The first kappa shape index (κ1) is 22.3. The van der Waals surface area contributed by atoms with Gasteiger partial charge in [0.05, 0.1) is 10.5 Å². The number of primary sulfonamides is 1. The fourth-order valence-electron chi connectivity index (χ4n) is 3.29. The van der Waals surface area contributed by atoms with Crippen molar-refractivity contribution in [2.45, 2.75) is 25.7 Å². The maximum atomic E-state index is 12.6. The SMILES string of the molecule is Cc1cccc(-n2c(C)cc(C(=O)OCC(=O)Nc3cccc(S(N)(=O)=O)c3)c2C)c1. The number of aryl methyl sites for hydroxylation is 2. The minimum absolute atomic E-state index is 0.133. The van der Waals surface area contributed by atoms with Crippen LogP contribution in [-0.4, -0.2) is 31.5 Å². The second-order valence-corrected chi connectivity index (χ2v) is 8.72. The molecule has 0 aliphatic heterocycles. The van der Waals surface area contributed by atoms with Crippen LogP contribution in [0.15, 0.2) is 59.5 Å². The molecule has 0 spiro atoms. The van der Waals surface area contributed by atoms with Crippen LogP contribution < -0.4 is 10.5 Å². The van der Waals surface area contributed by atoms with Gasteiger partial charge in [-0.2, -0.15) is 0 Å². The Kier molecular flexibility index (Phi) is 6.28. The predicted molar refractivity (Wildman–Crippen MR) is 117 cm³/mol. The summed E-state index contributed by atoms with van der Waals surface area (Å²) in [6.07, 6.45) is 0.